The van der Waals surface area contributed by atoms with Crippen LogP contribution in [0.1, 0.15) is 20.9 Å². The Morgan fingerprint density at radius 1 is 1.03 bits per heavy atom. The van der Waals surface area contributed by atoms with Crippen LogP contribution in [0.15, 0.2) is 64.1 Å². The molecule has 2 N–H and O–H groups in total. The largest absolute Gasteiger partial charge is 0.459 e. The van der Waals surface area contributed by atoms with Gasteiger partial charge < -0.3 is 15.1 Å². The lowest BCUT2D eigenvalue weighted by atomic mass is 10.1. The molecule has 3 aromatic rings. The summed E-state index contributed by atoms with van der Waals surface area (Å²) in [5, 5.41) is 16.4. The van der Waals surface area contributed by atoms with E-state index in [1.807, 2.05) is 0 Å². The minimum Gasteiger partial charge on any atom is -0.459 e. The molecule has 0 saturated heterocycles. The number of benzene rings is 2. The summed E-state index contributed by atoms with van der Waals surface area (Å²) < 4.78 is 28.7. The Morgan fingerprint density at radius 2 is 1.74 bits per heavy atom. The van der Waals surface area contributed by atoms with Crippen LogP contribution in [-0.4, -0.2) is 31.4 Å². The van der Waals surface area contributed by atoms with Gasteiger partial charge in [-0.1, -0.05) is 11.6 Å². The second-order valence-corrected chi connectivity index (χ2v) is 8.77. The number of halogens is 1. The Morgan fingerprint density at radius 3 is 2.35 bits per heavy atom. The van der Waals surface area contributed by atoms with Crippen molar-refractivity contribution in [3.8, 4) is 0 Å². The number of carbonyl (C=O) groups excluding carboxylic acids is 2. The van der Waals surface area contributed by atoms with Crippen molar-refractivity contribution >= 4 is 50.3 Å². The molecule has 160 valence electrons. The number of non-ortho nitro benzene ring substituents is 1. The number of furan rings is 1. The van der Waals surface area contributed by atoms with Crippen LogP contribution in [0.25, 0.3) is 0 Å². The molecule has 0 saturated carbocycles. The van der Waals surface area contributed by atoms with Crippen molar-refractivity contribution in [3.63, 3.8) is 0 Å². The third kappa shape index (κ3) is 5.27. The van der Waals surface area contributed by atoms with Crippen LogP contribution >= 0.6 is 11.6 Å². The quantitative estimate of drug-likeness (QED) is 0.417. The van der Waals surface area contributed by atoms with Gasteiger partial charge in [0.25, 0.3) is 17.5 Å². The lowest BCUT2D eigenvalue weighted by Gasteiger charge is -2.13. The first-order valence-corrected chi connectivity index (χ1v) is 10.8. The van der Waals surface area contributed by atoms with E-state index >= 15 is 0 Å². The van der Waals surface area contributed by atoms with Crippen LogP contribution in [0.5, 0.6) is 0 Å². The molecule has 0 aliphatic rings. The number of nitro groups is 1. The van der Waals surface area contributed by atoms with E-state index in [1.54, 1.807) is 0 Å². The van der Waals surface area contributed by atoms with Gasteiger partial charge in [-0.3, -0.25) is 19.7 Å². The average molecular weight is 464 g/mol. The van der Waals surface area contributed by atoms with Crippen LogP contribution in [0.4, 0.5) is 17.1 Å². The number of sulfone groups is 1. The molecule has 0 unspecified atom stereocenters. The molecule has 3 rings (SSSR count). The maximum Gasteiger partial charge on any atom is 0.291 e. The second-order valence-electron chi connectivity index (χ2n) is 6.32. The first kappa shape index (κ1) is 22.0. The standard InChI is InChI=1S/C19H14ClN3O7S/c1-31(28,29)14-8-11(7-13(10-14)23(26)27)18(24)21-15-5-4-12(20)9-16(15)22-19(25)17-3-2-6-30-17/h2-10H,1H3,(H,21,24)(H,22,25). The van der Waals surface area contributed by atoms with E-state index in [9.17, 15) is 28.1 Å². The van der Waals surface area contributed by atoms with E-state index in [0.717, 1.165) is 24.5 Å². The lowest BCUT2D eigenvalue weighted by molar-refractivity contribution is -0.385. The molecular weight excluding hydrogens is 450 g/mol. The fraction of sp³-hybridized carbons (Fsp3) is 0.0526. The maximum atomic E-state index is 12.7. The van der Waals surface area contributed by atoms with E-state index in [0.29, 0.717) is 0 Å². The summed E-state index contributed by atoms with van der Waals surface area (Å²) in [6, 6.07) is 10.0. The Balaban J connectivity index is 1.94. The van der Waals surface area contributed by atoms with Crippen molar-refractivity contribution in [2.75, 3.05) is 16.9 Å². The number of carbonyl (C=O) groups is 2. The van der Waals surface area contributed by atoms with Crippen molar-refractivity contribution in [1.82, 2.24) is 0 Å². The second kappa shape index (κ2) is 8.58. The normalized spacial score (nSPS) is 11.0. The molecule has 0 aliphatic carbocycles. The van der Waals surface area contributed by atoms with Gasteiger partial charge in [0, 0.05) is 29.0 Å². The highest BCUT2D eigenvalue weighted by Crippen LogP contribution is 2.28. The molecule has 0 radical (unpaired) electrons. The number of nitrogens with zero attached hydrogens (tertiary/aromatic N) is 1. The summed E-state index contributed by atoms with van der Waals surface area (Å²) in [5.74, 6) is -1.41. The van der Waals surface area contributed by atoms with Gasteiger partial charge in [-0.25, -0.2) is 8.42 Å². The highest BCUT2D eigenvalue weighted by Gasteiger charge is 2.20. The number of rotatable bonds is 6. The number of hydrogen-bond donors (Lipinski definition) is 2. The molecule has 0 fully saturated rings. The van der Waals surface area contributed by atoms with Crippen molar-refractivity contribution in [1.29, 1.82) is 0 Å². The summed E-state index contributed by atoms with van der Waals surface area (Å²) in [6.07, 6.45) is 2.19. The summed E-state index contributed by atoms with van der Waals surface area (Å²) in [5.41, 5.74) is -0.554. The van der Waals surface area contributed by atoms with E-state index in [4.69, 9.17) is 16.0 Å². The summed E-state index contributed by atoms with van der Waals surface area (Å²) >= 11 is 5.98. The molecule has 2 amide bonds. The van der Waals surface area contributed by atoms with Gasteiger partial charge in [0.1, 0.15) is 0 Å². The van der Waals surface area contributed by atoms with Gasteiger partial charge in [0.15, 0.2) is 15.6 Å². The van der Waals surface area contributed by atoms with Crippen LogP contribution in [-0.2, 0) is 9.84 Å². The number of amides is 2. The van der Waals surface area contributed by atoms with Gasteiger partial charge in [0.05, 0.1) is 27.5 Å². The molecule has 2 aromatic carbocycles. The SMILES string of the molecule is CS(=O)(=O)c1cc(C(=O)Nc2ccc(Cl)cc2NC(=O)c2ccco2)cc([N+](=O)[O-])c1. The smallest absolute Gasteiger partial charge is 0.291 e. The van der Waals surface area contributed by atoms with Gasteiger partial charge in [-0.15, -0.1) is 0 Å². The number of anilines is 2. The number of nitrogens with one attached hydrogen (secondary N) is 2. The minimum absolute atomic E-state index is 0.0220. The molecule has 0 atom stereocenters. The maximum absolute atomic E-state index is 12.7. The average Bonchev–Trinajstić information content (AvgIpc) is 3.24. The van der Waals surface area contributed by atoms with Gasteiger partial charge in [0.2, 0.25) is 0 Å². The summed E-state index contributed by atoms with van der Waals surface area (Å²) in [7, 11) is -3.81. The zero-order valence-electron chi connectivity index (χ0n) is 15.8. The van der Waals surface area contributed by atoms with E-state index in [-0.39, 0.29) is 32.6 Å². The fourth-order valence-electron chi connectivity index (χ4n) is 2.55. The Kier molecular flexibility index (Phi) is 6.09. The summed E-state index contributed by atoms with van der Waals surface area (Å²) in [4.78, 5) is 35.0. The van der Waals surface area contributed by atoms with Crippen LogP contribution in [0, 0.1) is 10.1 Å². The first-order chi connectivity index (χ1) is 14.5. The summed E-state index contributed by atoms with van der Waals surface area (Å²) in [6.45, 7) is 0. The third-order valence-electron chi connectivity index (χ3n) is 4.02. The predicted molar refractivity (Wildman–Crippen MR) is 112 cm³/mol. The zero-order chi connectivity index (χ0) is 22.8. The van der Waals surface area contributed by atoms with Crippen LogP contribution < -0.4 is 10.6 Å². The predicted octanol–water partition coefficient (Wildman–Crippen LogP) is 3.75. The minimum atomic E-state index is -3.81. The van der Waals surface area contributed by atoms with Crippen molar-refractivity contribution in [3.05, 3.63) is 81.3 Å². The highest BCUT2D eigenvalue weighted by atomic mass is 35.5. The molecule has 0 bridgehead atoms. The van der Waals surface area contributed by atoms with Crippen molar-refractivity contribution in [2.24, 2.45) is 0 Å². The molecule has 10 nitrogen and oxygen atoms in total. The topological polar surface area (TPSA) is 149 Å². The van der Waals surface area contributed by atoms with Crippen LogP contribution in [0.2, 0.25) is 5.02 Å². The molecular formula is C19H14ClN3O7S. The number of nitro benzene ring substituents is 1. The number of hydrogen-bond acceptors (Lipinski definition) is 7. The Bertz CT molecular complexity index is 1290. The molecule has 1 aromatic heterocycles. The third-order valence-corrected chi connectivity index (χ3v) is 5.34. The Labute approximate surface area is 180 Å². The van der Waals surface area contributed by atoms with Crippen LogP contribution in [0.3, 0.4) is 0 Å². The highest BCUT2D eigenvalue weighted by molar-refractivity contribution is 7.90. The van der Waals surface area contributed by atoms with E-state index in [1.165, 1.54) is 36.6 Å². The van der Waals surface area contributed by atoms with E-state index < -0.39 is 32.3 Å². The van der Waals surface area contributed by atoms with E-state index in [2.05, 4.69) is 10.6 Å². The van der Waals surface area contributed by atoms with Crippen molar-refractivity contribution < 1.29 is 27.3 Å². The van der Waals surface area contributed by atoms with Gasteiger partial charge >= 0.3 is 0 Å². The Hall–Kier alpha value is -3.70. The molecule has 1 heterocycles. The van der Waals surface area contributed by atoms with Gasteiger partial charge in [-0.05, 0) is 36.4 Å². The van der Waals surface area contributed by atoms with Crippen molar-refractivity contribution in [2.45, 2.75) is 4.90 Å². The fourth-order valence-corrected chi connectivity index (χ4v) is 3.40. The first-order valence-electron chi connectivity index (χ1n) is 8.50. The molecule has 31 heavy (non-hydrogen) atoms. The molecule has 12 heteroatoms. The zero-order valence-corrected chi connectivity index (χ0v) is 17.4. The molecule has 0 spiro atoms. The monoisotopic (exact) mass is 463 g/mol. The molecule has 0 aliphatic heterocycles. The van der Waals surface area contributed by atoms with Gasteiger partial charge in [-0.2, -0.15) is 0 Å². The lowest BCUT2D eigenvalue weighted by Crippen LogP contribution is -2.17.